The average molecular weight is 439 g/mol. The summed E-state index contributed by atoms with van der Waals surface area (Å²) in [4.78, 5) is 0. The molecule has 2 aliphatic rings. The van der Waals surface area contributed by atoms with E-state index in [4.69, 9.17) is 0 Å². The van der Waals surface area contributed by atoms with Crippen molar-refractivity contribution in [3.05, 3.63) is 54.3 Å². The minimum Gasteiger partial charge on any atom is -0.207 e. The molecule has 0 bridgehead atoms. The zero-order valence-corrected chi connectivity index (χ0v) is 20.9. The normalized spacial score (nSPS) is 20.7. The Bertz CT molecular complexity index is 785. The first-order valence-corrected chi connectivity index (χ1v) is 18.6. The second-order valence-electron chi connectivity index (χ2n) is 10.0. The van der Waals surface area contributed by atoms with E-state index in [0.29, 0.717) is 0 Å². The molecular weight excluding hydrogens is 399 g/mol. The van der Waals surface area contributed by atoms with Crippen LogP contribution in [0, 0.1) is 5.82 Å². The first-order valence-electron chi connectivity index (χ1n) is 12.6. The summed E-state index contributed by atoms with van der Waals surface area (Å²) in [6.45, 7) is 2.36. The topological polar surface area (TPSA) is 0 Å². The summed E-state index contributed by atoms with van der Waals surface area (Å²) in [6.07, 6.45) is 13.2. The molecule has 162 valence electrons. The highest BCUT2D eigenvalue weighted by Gasteiger charge is 2.54. The van der Waals surface area contributed by atoms with Crippen molar-refractivity contribution in [2.75, 3.05) is 0 Å². The fourth-order valence-corrected chi connectivity index (χ4v) is 29.3. The minimum atomic E-state index is -1.41. The van der Waals surface area contributed by atoms with Gasteiger partial charge in [0, 0.05) is 0 Å². The largest absolute Gasteiger partial charge is 0.207 e. The minimum absolute atomic E-state index is 0.152. The third kappa shape index (κ3) is 4.38. The summed E-state index contributed by atoms with van der Waals surface area (Å²) in [6, 6.07) is 24.8. The smallest absolute Gasteiger partial charge is 0.123 e. The van der Waals surface area contributed by atoms with Gasteiger partial charge < -0.3 is 0 Å². The Morgan fingerprint density at radius 3 is 1.77 bits per heavy atom. The van der Waals surface area contributed by atoms with E-state index in [-0.39, 0.29) is 5.82 Å². The molecule has 0 nitrogen and oxygen atoms in total. The van der Waals surface area contributed by atoms with Crippen molar-refractivity contribution in [2.45, 2.75) is 94.9 Å². The van der Waals surface area contributed by atoms with Crippen LogP contribution in [-0.4, -0.2) is 15.2 Å². The number of rotatable bonds is 7. The molecule has 0 radical (unpaired) electrons. The lowest BCUT2D eigenvalue weighted by molar-refractivity contribution is 0.628. The zero-order valence-electron chi connectivity index (χ0n) is 18.9. The van der Waals surface area contributed by atoms with Crippen LogP contribution in [0.3, 0.4) is 0 Å². The van der Waals surface area contributed by atoms with Crippen molar-refractivity contribution in [1.82, 2.24) is 0 Å². The Balaban J connectivity index is 1.69. The van der Waals surface area contributed by atoms with E-state index in [2.05, 4.69) is 31.2 Å². The van der Waals surface area contributed by atoms with Crippen molar-refractivity contribution >= 4 is 20.4 Å². The summed E-state index contributed by atoms with van der Waals surface area (Å²) < 4.78 is 13.3. The summed E-state index contributed by atoms with van der Waals surface area (Å²) in [5.41, 5.74) is 2.37. The summed E-state index contributed by atoms with van der Waals surface area (Å²) in [7, 11) is -2.64. The van der Waals surface area contributed by atoms with Crippen LogP contribution >= 0.6 is 0 Å². The SMILES string of the molecule is CCCCC[Si]1([Si]2(c3ccc(-c4ccc(F)cc4)cc3)CCCCC2)CCCCC1. The number of unbranched alkanes of at least 4 members (excludes halogenated alkanes) is 2. The van der Waals surface area contributed by atoms with Crippen LogP contribution in [0.5, 0.6) is 0 Å². The van der Waals surface area contributed by atoms with E-state index in [1.165, 1.54) is 63.4 Å². The lowest BCUT2D eigenvalue weighted by Gasteiger charge is -2.53. The Morgan fingerprint density at radius 1 is 0.667 bits per heavy atom. The molecule has 30 heavy (non-hydrogen) atoms. The van der Waals surface area contributed by atoms with Crippen LogP contribution in [0.4, 0.5) is 4.39 Å². The Hall–Kier alpha value is -1.20. The fourth-order valence-electron chi connectivity index (χ4n) is 6.81. The van der Waals surface area contributed by atoms with Gasteiger partial charge in [-0.05, 0) is 23.3 Å². The van der Waals surface area contributed by atoms with Crippen LogP contribution in [0.2, 0.25) is 30.2 Å². The van der Waals surface area contributed by atoms with E-state index in [1.54, 1.807) is 47.5 Å². The van der Waals surface area contributed by atoms with Gasteiger partial charge in [-0.3, -0.25) is 0 Å². The van der Waals surface area contributed by atoms with Crippen molar-refractivity contribution in [3.63, 3.8) is 0 Å². The Labute approximate surface area is 185 Å². The highest BCUT2D eigenvalue weighted by Crippen LogP contribution is 2.46. The summed E-state index contributed by atoms with van der Waals surface area (Å²) in [5.74, 6) is -0.152. The molecule has 0 aromatic heterocycles. The summed E-state index contributed by atoms with van der Waals surface area (Å²) in [5, 5.41) is 1.79. The van der Waals surface area contributed by atoms with Crippen molar-refractivity contribution in [2.24, 2.45) is 0 Å². The number of benzene rings is 2. The molecule has 0 unspecified atom stereocenters. The van der Waals surface area contributed by atoms with Gasteiger partial charge in [-0.15, -0.1) is 0 Å². The van der Waals surface area contributed by atoms with Gasteiger partial charge in [-0.25, -0.2) is 4.39 Å². The molecule has 2 aromatic carbocycles. The maximum atomic E-state index is 13.3. The standard InChI is InChI=1S/C27H39FSi2/c1-2-3-6-19-29(20-7-4-8-21-29)30(22-9-5-10-23-30)27-17-13-25(14-18-27)24-11-15-26(28)16-12-24/h11-18H,2-10,19-23H2,1H3. The zero-order chi connectivity index (χ0) is 20.9. The number of halogens is 1. The maximum Gasteiger partial charge on any atom is 0.123 e. The number of hydrogen-bond donors (Lipinski definition) is 0. The molecule has 4 rings (SSSR count). The fraction of sp³-hybridized carbons (Fsp3) is 0.556. The van der Waals surface area contributed by atoms with Crippen molar-refractivity contribution in [1.29, 1.82) is 0 Å². The van der Waals surface area contributed by atoms with Gasteiger partial charge in [0.2, 0.25) is 0 Å². The molecule has 3 heteroatoms. The third-order valence-corrected chi connectivity index (χ3v) is 28.9. The summed E-state index contributed by atoms with van der Waals surface area (Å²) >= 11 is 0. The molecule has 2 fully saturated rings. The number of hydrogen-bond acceptors (Lipinski definition) is 0. The molecule has 2 aromatic rings. The molecule has 0 saturated carbocycles. The molecule has 0 aliphatic carbocycles. The second-order valence-corrected chi connectivity index (χ2v) is 23.9. The lowest BCUT2D eigenvalue weighted by Crippen LogP contribution is -2.70. The highest BCUT2D eigenvalue weighted by molar-refractivity contribution is 7.47. The molecule has 2 heterocycles. The van der Waals surface area contributed by atoms with E-state index in [0.717, 1.165) is 5.56 Å². The lowest BCUT2D eigenvalue weighted by atomic mass is 10.1. The van der Waals surface area contributed by atoms with E-state index in [9.17, 15) is 4.39 Å². The van der Waals surface area contributed by atoms with Crippen LogP contribution in [-0.2, 0) is 0 Å². The van der Waals surface area contributed by atoms with Crippen LogP contribution in [0.25, 0.3) is 11.1 Å². The molecule has 2 aliphatic heterocycles. The average Bonchev–Trinajstić information content (AvgIpc) is 2.81. The van der Waals surface area contributed by atoms with Crippen LogP contribution in [0.15, 0.2) is 48.5 Å². The van der Waals surface area contributed by atoms with Gasteiger partial charge >= 0.3 is 0 Å². The molecular formula is C27H39FSi2. The van der Waals surface area contributed by atoms with Gasteiger partial charge in [0.15, 0.2) is 0 Å². The van der Waals surface area contributed by atoms with Gasteiger partial charge in [-0.1, -0.05) is 137 Å². The third-order valence-electron chi connectivity index (χ3n) is 8.41. The molecule has 0 N–H and O–H groups in total. The predicted molar refractivity (Wildman–Crippen MR) is 134 cm³/mol. The van der Waals surface area contributed by atoms with E-state index < -0.39 is 15.2 Å². The quantitative estimate of drug-likeness (QED) is 0.301. The monoisotopic (exact) mass is 438 g/mol. The molecule has 0 spiro atoms. The molecule has 2 saturated heterocycles. The van der Waals surface area contributed by atoms with Gasteiger partial charge in [0.25, 0.3) is 0 Å². The van der Waals surface area contributed by atoms with E-state index >= 15 is 0 Å². The molecule has 0 amide bonds. The van der Waals surface area contributed by atoms with Gasteiger partial charge in [0.1, 0.15) is 5.82 Å². The molecule has 0 atom stereocenters. The first-order chi connectivity index (χ1) is 14.7. The highest BCUT2D eigenvalue weighted by atomic mass is 29.3. The maximum absolute atomic E-state index is 13.3. The van der Waals surface area contributed by atoms with Gasteiger partial charge in [0.05, 0.1) is 15.2 Å². The predicted octanol–water partition coefficient (Wildman–Crippen LogP) is 8.23. The van der Waals surface area contributed by atoms with Crippen LogP contribution in [0.1, 0.15) is 64.7 Å². The first kappa shape index (κ1) is 22.0. The van der Waals surface area contributed by atoms with E-state index in [1.807, 2.05) is 12.1 Å². The van der Waals surface area contributed by atoms with Gasteiger partial charge in [-0.2, -0.15) is 0 Å². The van der Waals surface area contributed by atoms with Crippen LogP contribution < -0.4 is 5.19 Å². The van der Waals surface area contributed by atoms with Crippen molar-refractivity contribution < 1.29 is 4.39 Å². The Morgan fingerprint density at radius 2 is 1.20 bits per heavy atom. The second kappa shape index (κ2) is 9.95. The van der Waals surface area contributed by atoms with Crippen molar-refractivity contribution in [3.8, 4) is 11.1 Å². The Kier molecular flexibility index (Phi) is 7.30.